The molecule has 0 aliphatic carbocycles. The zero-order valence-corrected chi connectivity index (χ0v) is 17.5. The number of nitrogens with one attached hydrogen (secondary N) is 1. The summed E-state index contributed by atoms with van der Waals surface area (Å²) in [6, 6.07) is 15.9. The van der Waals surface area contributed by atoms with Crippen LogP contribution >= 0.6 is 0 Å². The van der Waals surface area contributed by atoms with E-state index in [0.717, 1.165) is 77.4 Å². The minimum atomic E-state index is 0.308. The van der Waals surface area contributed by atoms with Gasteiger partial charge in [-0.3, -0.25) is 4.90 Å². The summed E-state index contributed by atoms with van der Waals surface area (Å²) in [5, 5.41) is 11.7. The van der Waals surface area contributed by atoms with Crippen LogP contribution in [0.2, 0.25) is 0 Å². The van der Waals surface area contributed by atoms with Crippen molar-refractivity contribution in [2.45, 2.75) is 6.54 Å². The number of aromatic hydroxyl groups is 1. The molecule has 3 heterocycles. The molecule has 5 rings (SSSR count). The number of para-hydroxylation sites is 1. The number of hydrogen-bond donors (Lipinski definition) is 2. The Morgan fingerprint density at radius 1 is 1.06 bits per heavy atom. The van der Waals surface area contributed by atoms with E-state index >= 15 is 0 Å². The monoisotopic (exact) mass is 415 g/mol. The van der Waals surface area contributed by atoms with Crippen LogP contribution in [0.15, 0.2) is 60.9 Å². The molecule has 0 unspecified atom stereocenters. The maximum Gasteiger partial charge on any atom is 0.137 e. The molecule has 1 saturated heterocycles. The van der Waals surface area contributed by atoms with Crippen LogP contribution < -0.4 is 4.74 Å². The van der Waals surface area contributed by atoms with Gasteiger partial charge in [0.25, 0.3) is 0 Å². The third kappa shape index (κ3) is 3.87. The first-order valence-electron chi connectivity index (χ1n) is 10.5. The summed E-state index contributed by atoms with van der Waals surface area (Å²) in [6.45, 7) is 4.00. The molecule has 0 atom stereocenters. The number of aromatic nitrogens is 2. The maximum atomic E-state index is 10.7. The lowest BCUT2D eigenvalue weighted by molar-refractivity contribution is 0.0339. The van der Waals surface area contributed by atoms with Crippen molar-refractivity contribution in [3.05, 3.63) is 66.5 Å². The summed E-state index contributed by atoms with van der Waals surface area (Å²) in [5.74, 6) is 1.13. The highest BCUT2D eigenvalue weighted by Gasteiger charge is 2.15. The van der Waals surface area contributed by atoms with Crippen LogP contribution in [0.3, 0.4) is 0 Å². The molecule has 31 heavy (non-hydrogen) atoms. The summed E-state index contributed by atoms with van der Waals surface area (Å²) in [4.78, 5) is 10.2. The van der Waals surface area contributed by atoms with E-state index in [1.807, 2.05) is 54.9 Å². The highest BCUT2D eigenvalue weighted by molar-refractivity contribution is 5.97. The fraction of sp³-hybridized carbons (Fsp3) is 0.240. The molecular weight excluding hydrogens is 390 g/mol. The number of methoxy groups -OCH3 is 1. The van der Waals surface area contributed by atoms with Crippen molar-refractivity contribution in [1.29, 1.82) is 0 Å². The fourth-order valence-corrected chi connectivity index (χ4v) is 4.13. The maximum absolute atomic E-state index is 10.7. The number of pyridine rings is 1. The normalized spacial score (nSPS) is 14.7. The number of fused-ring (bicyclic) bond motifs is 1. The van der Waals surface area contributed by atoms with E-state index in [1.54, 1.807) is 7.11 Å². The van der Waals surface area contributed by atoms with Gasteiger partial charge in [0.05, 0.1) is 20.3 Å². The number of morpholine rings is 1. The molecule has 0 saturated carbocycles. The quantitative estimate of drug-likeness (QED) is 0.504. The SMILES string of the molecule is COc1ccccc1-c1c[nH]c2ncc(-c3ccc(CN4CCOCC4)c(O)c3)cc12. The summed E-state index contributed by atoms with van der Waals surface area (Å²) in [6.07, 6.45) is 3.80. The van der Waals surface area contributed by atoms with Crippen molar-refractivity contribution in [3.63, 3.8) is 0 Å². The summed E-state index contributed by atoms with van der Waals surface area (Å²) in [5.41, 5.74) is 5.68. The van der Waals surface area contributed by atoms with Crippen molar-refractivity contribution >= 4 is 11.0 Å². The number of aromatic amines is 1. The molecule has 158 valence electrons. The smallest absolute Gasteiger partial charge is 0.137 e. The highest BCUT2D eigenvalue weighted by Crippen LogP contribution is 2.36. The van der Waals surface area contributed by atoms with Crippen LogP contribution in [0.25, 0.3) is 33.3 Å². The van der Waals surface area contributed by atoms with Crippen LogP contribution in [0.4, 0.5) is 0 Å². The molecule has 4 aromatic rings. The Morgan fingerprint density at radius 3 is 2.71 bits per heavy atom. The second-order valence-corrected chi connectivity index (χ2v) is 7.75. The van der Waals surface area contributed by atoms with Crippen molar-refractivity contribution < 1.29 is 14.6 Å². The summed E-state index contributed by atoms with van der Waals surface area (Å²) >= 11 is 0. The van der Waals surface area contributed by atoms with Crippen LogP contribution in [0.1, 0.15) is 5.56 Å². The van der Waals surface area contributed by atoms with Gasteiger partial charge in [-0.15, -0.1) is 0 Å². The summed E-state index contributed by atoms with van der Waals surface area (Å²) < 4.78 is 11.0. The second kappa shape index (κ2) is 8.41. The molecule has 2 aromatic heterocycles. The van der Waals surface area contributed by atoms with Crippen LogP contribution in [-0.4, -0.2) is 53.4 Å². The van der Waals surface area contributed by atoms with Gasteiger partial charge in [0.1, 0.15) is 17.1 Å². The minimum absolute atomic E-state index is 0.308. The largest absolute Gasteiger partial charge is 0.508 e. The molecule has 2 aromatic carbocycles. The lowest BCUT2D eigenvalue weighted by atomic mass is 10.0. The van der Waals surface area contributed by atoms with Gasteiger partial charge in [-0.05, 0) is 23.8 Å². The molecule has 2 N–H and O–H groups in total. The Morgan fingerprint density at radius 2 is 1.90 bits per heavy atom. The van der Waals surface area contributed by atoms with E-state index in [9.17, 15) is 5.11 Å². The van der Waals surface area contributed by atoms with E-state index in [1.165, 1.54) is 0 Å². The predicted octanol–water partition coefficient (Wildman–Crippen LogP) is 4.44. The number of H-pyrrole nitrogens is 1. The number of nitrogens with zero attached hydrogens (tertiary/aromatic N) is 2. The third-order valence-electron chi connectivity index (χ3n) is 5.84. The average Bonchev–Trinajstić information content (AvgIpc) is 3.24. The van der Waals surface area contributed by atoms with Gasteiger partial charge in [-0.2, -0.15) is 0 Å². The lowest BCUT2D eigenvalue weighted by Crippen LogP contribution is -2.35. The fourth-order valence-electron chi connectivity index (χ4n) is 4.13. The van der Waals surface area contributed by atoms with Gasteiger partial charge < -0.3 is 19.6 Å². The van der Waals surface area contributed by atoms with Crippen LogP contribution in [0, 0.1) is 0 Å². The predicted molar refractivity (Wildman–Crippen MR) is 121 cm³/mol. The Balaban J connectivity index is 1.48. The van der Waals surface area contributed by atoms with E-state index in [-0.39, 0.29) is 0 Å². The van der Waals surface area contributed by atoms with E-state index in [4.69, 9.17) is 9.47 Å². The van der Waals surface area contributed by atoms with Gasteiger partial charge in [0.15, 0.2) is 0 Å². The number of hydrogen-bond acceptors (Lipinski definition) is 5. The van der Waals surface area contributed by atoms with Gasteiger partial charge in [-0.1, -0.05) is 30.3 Å². The minimum Gasteiger partial charge on any atom is -0.508 e. The summed E-state index contributed by atoms with van der Waals surface area (Å²) in [7, 11) is 1.68. The number of benzene rings is 2. The number of rotatable bonds is 5. The Hall–Kier alpha value is -3.35. The Labute approximate surface area is 181 Å². The zero-order valence-electron chi connectivity index (χ0n) is 17.5. The number of phenols is 1. The van der Waals surface area contributed by atoms with Crippen molar-refractivity contribution in [3.8, 4) is 33.8 Å². The van der Waals surface area contributed by atoms with Gasteiger partial charge in [0, 0.05) is 59.7 Å². The highest BCUT2D eigenvalue weighted by atomic mass is 16.5. The van der Waals surface area contributed by atoms with E-state index < -0.39 is 0 Å². The van der Waals surface area contributed by atoms with Crippen molar-refractivity contribution in [1.82, 2.24) is 14.9 Å². The number of phenolic OH excluding ortho intramolecular Hbond substituents is 1. The Bertz CT molecular complexity index is 1210. The van der Waals surface area contributed by atoms with E-state index in [2.05, 4.69) is 20.9 Å². The van der Waals surface area contributed by atoms with Crippen LogP contribution in [-0.2, 0) is 11.3 Å². The second-order valence-electron chi connectivity index (χ2n) is 7.75. The zero-order chi connectivity index (χ0) is 21.2. The molecule has 0 spiro atoms. The molecule has 6 nitrogen and oxygen atoms in total. The standard InChI is InChI=1S/C25H25N3O3/c1-30-24-5-3-2-4-20(24)22-15-27-25-21(22)12-19(14-26-25)17-6-7-18(23(29)13-17)16-28-8-10-31-11-9-28/h2-7,12-15,29H,8-11,16H2,1H3,(H,26,27). The molecule has 1 aliphatic heterocycles. The van der Waals surface area contributed by atoms with Crippen molar-refractivity contribution in [2.75, 3.05) is 33.4 Å². The Kier molecular flexibility index (Phi) is 5.32. The molecule has 0 bridgehead atoms. The molecule has 1 fully saturated rings. The topological polar surface area (TPSA) is 70.6 Å². The van der Waals surface area contributed by atoms with Gasteiger partial charge in [0.2, 0.25) is 0 Å². The van der Waals surface area contributed by atoms with Gasteiger partial charge >= 0.3 is 0 Å². The van der Waals surface area contributed by atoms with Gasteiger partial charge in [-0.25, -0.2) is 4.98 Å². The van der Waals surface area contributed by atoms with E-state index in [0.29, 0.717) is 5.75 Å². The van der Waals surface area contributed by atoms with Crippen molar-refractivity contribution in [2.24, 2.45) is 0 Å². The molecular formula is C25H25N3O3. The first kappa shape index (κ1) is 19.6. The number of ether oxygens (including phenoxy) is 2. The average molecular weight is 415 g/mol. The first-order valence-corrected chi connectivity index (χ1v) is 10.5. The molecule has 0 radical (unpaired) electrons. The third-order valence-corrected chi connectivity index (χ3v) is 5.84. The first-order chi connectivity index (χ1) is 15.2. The molecule has 1 aliphatic rings. The molecule has 0 amide bonds. The lowest BCUT2D eigenvalue weighted by Gasteiger charge is -2.26. The molecule has 6 heteroatoms. The van der Waals surface area contributed by atoms with Crippen LogP contribution in [0.5, 0.6) is 11.5 Å².